The number of rotatable bonds is 5. The lowest BCUT2D eigenvalue weighted by molar-refractivity contribution is 0.163. The smallest absolute Gasteiger partial charge is 0.246 e. The summed E-state index contributed by atoms with van der Waals surface area (Å²) in [6.07, 6.45) is 0. The maximum Gasteiger partial charge on any atom is 0.246 e. The van der Waals surface area contributed by atoms with Crippen LogP contribution in [-0.4, -0.2) is 53.9 Å². The summed E-state index contributed by atoms with van der Waals surface area (Å²) in [7, 11) is -3.96. The van der Waals surface area contributed by atoms with Crippen molar-refractivity contribution in [3.8, 4) is 11.4 Å². The molecule has 0 N–H and O–H groups in total. The average molecular weight is 471 g/mol. The SMILES string of the molecule is O=S(=O)(c1cccc(Cl)c1F)N1CCN(Cc2nc(-c3ccc(Cl)cc3)no2)CC1. The van der Waals surface area contributed by atoms with Crippen LogP contribution in [0.5, 0.6) is 0 Å². The van der Waals surface area contributed by atoms with E-state index in [9.17, 15) is 12.8 Å². The normalized spacial score (nSPS) is 16.1. The van der Waals surface area contributed by atoms with Crippen molar-refractivity contribution in [2.75, 3.05) is 26.2 Å². The van der Waals surface area contributed by atoms with E-state index in [1.165, 1.54) is 22.5 Å². The van der Waals surface area contributed by atoms with E-state index in [0.29, 0.717) is 36.4 Å². The van der Waals surface area contributed by atoms with Gasteiger partial charge < -0.3 is 4.52 Å². The minimum atomic E-state index is -3.96. The van der Waals surface area contributed by atoms with Gasteiger partial charge in [0.25, 0.3) is 0 Å². The van der Waals surface area contributed by atoms with Crippen molar-refractivity contribution in [2.45, 2.75) is 11.4 Å². The van der Waals surface area contributed by atoms with Crippen LogP contribution in [0.15, 0.2) is 51.9 Å². The highest BCUT2D eigenvalue weighted by molar-refractivity contribution is 7.89. The molecule has 30 heavy (non-hydrogen) atoms. The lowest BCUT2D eigenvalue weighted by atomic mass is 10.2. The van der Waals surface area contributed by atoms with Crippen LogP contribution in [0, 0.1) is 5.82 Å². The van der Waals surface area contributed by atoms with Crippen molar-refractivity contribution >= 4 is 33.2 Å². The van der Waals surface area contributed by atoms with Crippen LogP contribution in [-0.2, 0) is 16.6 Å². The summed E-state index contributed by atoms with van der Waals surface area (Å²) in [5.41, 5.74) is 0.786. The standard InChI is InChI=1S/C19H17Cl2FN4O3S/c20-14-6-4-13(5-7-14)19-23-17(29-24-19)12-25-8-10-26(11-9-25)30(27,28)16-3-1-2-15(21)18(16)22/h1-7H,8-12H2. The zero-order valence-electron chi connectivity index (χ0n) is 15.6. The second kappa shape index (κ2) is 8.60. The van der Waals surface area contributed by atoms with Crippen LogP contribution in [0.2, 0.25) is 10.0 Å². The monoisotopic (exact) mass is 470 g/mol. The molecule has 3 aromatic rings. The average Bonchev–Trinajstić information content (AvgIpc) is 3.19. The first-order valence-corrected chi connectivity index (χ1v) is 11.3. The van der Waals surface area contributed by atoms with Gasteiger partial charge in [0.15, 0.2) is 5.82 Å². The van der Waals surface area contributed by atoms with Gasteiger partial charge in [0, 0.05) is 36.8 Å². The van der Waals surface area contributed by atoms with E-state index in [-0.39, 0.29) is 18.1 Å². The number of nitrogens with zero attached hydrogens (tertiary/aromatic N) is 4. The molecule has 158 valence electrons. The van der Waals surface area contributed by atoms with Crippen LogP contribution < -0.4 is 0 Å². The molecule has 11 heteroatoms. The predicted molar refractivity (Wildman–Crippen MR) is 110 cm³/mol. The Bertz CT molecular complexity index is 1150. The molecule has 0 radical (unpaired) electrons. The zero-order chi connectivity index (χ0) is 21.3. The molecule has 1 fully saturated rings. The minimum absolute atomic E-state index is 0.215. The maximum atomic E-state index is 14.2. The molecule has 1 aliphatic heterocycles. The van der Waals surface area contributed by atoms with Crippen LogP contribution in [0.3, 0.4) is 0 Å². The third-order valence-corrected chi connectivity index (χ3v) is 7.25. The number of halogens is 3. The fraction of sp³-hybridized carbons (Fsp3) is 0.263. The Morgan fingerprint density at radius 2 is 1.73 bits per heavy atom. The lowest BCUT2D eigenvalue weighted by Gasteiger charge is -2.33. The van der Waals surface area contributed by atoms with Gasteiger partial charge in [-0.3, -0.25) is 4.90 Å². The van der Waals surface area contributed by atoms with E-state index in [2.05, 4.69) is 10.1 Å². The number of hydrogen-bond acceptors (Lipinski definition) is 6. The molecule has 1 aromatic heterocycles. The Hall–Kier alpha value is -2.04. The van der Waals surface area contributed by atoms with Crippen molar-refractivity contribution in [2.24, 2.45) is 0 Å². The highest BCUT2D eigenvalue weighted by Gasteiger charge is 2.31. The summed E-state index contributed by atoms with van der Waals surface area (Å²) in [5, 5.41) is 4.38. The van der Waals surface area contributed by atoms with Crippen LogP contribution in [0.25, 0.3) is 11.4 Å². The number of aromatic nitrogens is 2. The van der Waals surface area contributed by atoms with Gasteiger partial charge in [-0.25, -0.2) is 12.8 Å². The van der Waals surface area contributed by atoms with E-state index in [4.69, 9.17) is 27.7 Å². The number of hydrogen-bond donors (Lipinski definition) is 0. The first-order valence-electron chi connectivity index (χ1n) is 9.09. The molecule has 2 heterocycles. The van der Waals surface area contributed by atoms with Crippen LogP contribution in [0.1, 0.15) is 5.89 Å². The van der Waals surface area contributed by atoms with E-state index < -0.39 is 20.7 Å². The molecule has 0 atom stereocenters. The highest BCUT2D eigenvalue weighted by atomic mass is 35.5. The number of benzene rings is 2. The Morgan fingerprint density at radius 1 is 1.03 bits per heavy atom. The Labute approximate surface area is 183 Å². The summed E-state index contributed by atoms with van der Waals surface area (Å²) >= 11 is 11.6. The first kappa shape index (κ1) is 21.2. The molecular weight excluding hydrogens is 454 g/mol. The van der Waals surface area contributed by atoms with Crippen molar-refractivity contribution in [3.05, 3.63) is 64.2 Å². The third kappa shape index (κ3) is 4.35. The van der Waals surface area contributed by atoms with E-state index in [0.717, 1.165) is 5.56 Å². The van der Waals surface area contributed by atoms with Crippen molar-refractivity contribution < 1.29 is 17.3 Å². The third-order valence-electron chi connectivity index (χ3n) is 4.79. The molecule has 0 bridgehead atoms. The number of piperazine rings is 1. The molecule has 0 amide bonds. The summed E-state index contributed by atoms with van der Waals surface area (Å²) in [4.78, 5) is 5.97. The van der Waals surface area contributed by atoms with Gasteiger partial charge in [-0.1, -0.05) is 34.4 Å². The molecular formula is C19H17Cl2FN4O3S. The van der Waals surface area contributed by atoms with E-state index in [1.807, 2.05) is 4.90 Å². The molecule has 1 aliphatic rings. The fourth-order valence-corrected chi connectivity index (χ4v) is 5.04. The Balaban J connectivity index is 1.39. The Morgan fingerprint density at radius 3 is 2.43 bits per heavy atom. The van der Waals surface area contributed by atoms with Crippen LogP contribution in [0.4, 0.5) is 4.39 Å². The van der Waals surface area contributed by atoms with Crippen LogP contribution >= 0.6 is 23.2 Å². The van der Waals surface area contributed by atoms with Gasteiger partial charge in [-0.2, -0.15) is 9.29 Å². The van der Waals surface area contributed by atoms with Crippen molar-refractivity contribution in [1.29, 1.82) is 0 Å². The molecule has 2 aromatic carbocycles. The largest absolute Gasteiger partial charge is 0.338 e. The molecule has 1 saturated heterocycles. The zero-order valence-corrected chi connectivity index (χ0v) is 18.0. The summed E-state index contributed by atoms with van der Waals surface area (Å²) in [5.74, 6) is -0.0429. The number of sulfonamides is 1. The Kier molecular flexibility index (Phi) is 6.08. The molecule has 0 unspecified atom stereocenters. The topological polar surface area (TPSA) is 79.5 Å². The molecule has 0 saturated carbocycles. The van der Waals surface area contributed by atoms with Gasteiger partial charge >= 0.3 is 0 Å². The first-order chi connectivity index (χ1) is 14.3. The van der Waals surface area contributed by atoms with E-state index in [1.54, 1.807) is 24.3 Å². The fourth-order valence-electron chi connectivity index (χ4n) is 3.18. The summed E-state index contributed by atoms with van der Waals surface area (Å²) in [6, 6.07) is 11.0. The summed E-state index contributed by atoms with van der Waals surface area (Å²) < 4.78 is 46.3. The summed E-state index contributed by atoms with van der Waals surface area (Å²) in [6.45, 7) is 1.71. The van der Waals surface area contributed by atoms with Crippen molar-refractivity contribution in [1.82, 2.24) is 19.3 Å². The molecule has 0 aliphatic carbocycles. The highest BCUT2D eigenvalue weighted by Crippen LogP contribution is 2.26. The van der Waals surface area contributed by atoms with Gasteiger partial charge in [-0.15, -0.1) is 0 Å². The van der Waals surface area contributed by atoms with Crippen molar-refractivity contribution in [3.63, 3.8) is 0 Å². The second-order valence-electron chi connectivity index (χ2n) is 6.75. The second-order valence-corrected chi connectivity index (χ2v) is 9.50. The van der Waals surface area contributed by atoms with Gasteiger partial charge in [-0.05, 0) is 36.4 Å². The van der Waals surface area contributed by atoms with E-state index >= 15 is 0 Å². The molecule has 7 nitrogen and oxygen atoms in total. The molecule has 4 rings (SSSR count). The predicted octanol–water partition coefficient (Wildman–Crippen LogP) is 3.69. The van der Waals surface area contributed by atoms with Gasteiger partial charge in [0.05, 0.1) is 11.6 Å². The quantitative estimate of drug-likeness (QED) is 0.565. The minimum Gasteiger partial charge on any atom is -0.338 e. The van der Waals surface area contributed by atoms with Gasteiger partial charge in [0.2, 0.25) is 21.7 Å². The maximum absolute atomic E-state index is 14.2. The lowest BCUT2D eigenvalue weighted by Crippen LogP contribution is -2.48. The van der Waals surface area contributed by atoms with Gasteiger partial charge in [0.1, 0.15) is 4.90 Å². The molecule has 0 spiro atoms.